The van der Waals surface area contributed by atoms with E-state index in [4.69, 9.17) is 10.5 Å². The highest BCUT2D eigenvalue weighted by Gasteiger charge is 2.30. The zero-order valence-electron chi connectivity index (χ0n) is 10.8. The van der Waals surface area contributed by atoms with Crippen LogP contribution in [0.25, 0.3) is 0 Å². The summed E-state index contributed by atoms with van der Waals surface area (Å²) in [6, 6.07) is 0.0891. The van der Waals surface area contributed by atoms with Gasteiger partial charge in [0.25, 0.3) is 0 Å². The molecular weight excluding hydrogens is 204 g/mol. The Morgan fingerprint density at radius 2 is 2.12 bits per heavy atom. The monoisotopic (exact) mass is 228 g/mol. The number of carbonyl (C=O) groups excluding carboxylic acids is 1. The first kappa shape index (κ1) is 13.3. The Labute approximate surface area is 98.1 Å². The van der Waals surface area contributed by atoms with E-state index in [1.165, 1.54) is 0 Å². The van der Waals surface area contributed by atoms with Gasteiger partial charge in [-0.15, -0.1) is 0 Å². The van der Waals surface area contributed by atoms with Crippen molar-refractivity contribution in [1.82, 2.24) is 4.90 Å². The molecule has 0 unspecified atom stereocenters. The number of amides is 1. The zero-order chi connectivity index (χ0) is 12.3. The fourth-order valence-corrected chi connectivity index (χ4v) is 2.03. The van der Waals surface area contributed by atoms with Crippen LogP contribution in [0.15, 0.2) is 0 Å². The highest BCUT2D eigenvalue weighted by Crippen LogP contribution is 2.21. The quantitative estimate of drug-likeness (QED) is 0.746. The summed E-state index contributed by atoms with van der Waals surface area (Å²) in [7, 11) is 0. The summed E-state index contributed by atoms with van der Waals surface area (Å²) in [5.74, 6) is 0.540. The molecule has 1 rings (SSSR count). The normalized spacial score (nSPS) is 26.7. The SMILES string of the molecule is CC[C@H]1CCN(C(=O)OC(C)(C)C)C[C@@H]1N. The second-order valence-corrected chi connectivity index (χ2v) is 5.55. The van der Waals surface area contributed by atoms with Crippen LogP contribution in [0, 0.1) is 5.92 Å². The third-order valence-corrected chi connectivity index (χ3v) is 2.98. The highest BCUT2D eigenvalue weighted by molar-refractivity contribution is 5.68. The maximum atomic E-state index is 11.8. The standard InChI is InChI=1S/C12H24N2O2/c1-5-9-6-7-14(8-10(9)13)11(15)16-12(2,3)4/h9-10H,5-8,13H2,1-4H3/t9-,10-/m0/s1. The van der Waals surface area contributed by atoms with Gasteiger partial charge in [-0.25, -0.2) is 4.79 Å². The van der Waals surface area contributed by atoms with Crippen LogP contribution in [0.5, 0.6) is 0 Å². The summed E-state index contributed by atoms with van der Waals surface area (Å²) in [4.78, 5) is 13.5. The number of likely N-dealkylation sites (tertiary alicyclic amines) is 1. The van der Waals surface area contributed by atoms with E-state index >= 15 is 0 Å². The van der Waals surface area contributed by atoms with Gasteiger partial charge in [0.1, 0.15) is 5.60 Å². The lowest BCUT2D eigenvalue weighted by Gasteiger charge is -2.37. The second kappa shape index (κ2) is 5.04. The fraction of sp³-hybridized carbons (Fsp3) is 0.917. The molecule has 4 heteroatoms. The lowest BCUT2D eigenvalue weighted by atomic mass is 9.90. The maximum absolute atomic E-state index is 11.8. The third-order valence-electron chi connectivity index (χ3n) is 2.98. The Morgan fingerprint density at radius 1 is 1.50 bits per heavy atom. The fourth-order valence-electron chi connectivity index (χ4n) is 2.03. The first-order chi connectivity index (χ1) is 7.33. The van der Waals surface area contributed by atoms with E-state index in [1.54, 1.807) is 4.90 Å². The van der Waals surface area contributed by atoms with Crippen molar-refractivity contribution in [3.63, 3.8) is 0 Å². The molecule has 16 heavy (non-hydrogen) atoms. The number of piperidine rings is 1. The van der Waals surface area contributed by atoms with E-state index in [9.17, 15) is 4.79 Å². The minimum atomic E-state index is -0.428. The van der Waals surface area contributed by atoms with Crippen LogP contribution < -0.4 is 5.73 Å². The maximum Gasteiger partial charge on any atom is 0.410 e. The molecule has 1 saturated heterocycles. The van der Waals surface area contributed by atoms with Crippen molar-refractivity contribution >= 4 is 6.09 Å². The summed E-state index contributed by atoms with van der Waals surface area (Å²) < 4.78 is 5.33. The first-order valence-electron chi connectivity index (χ1n) is 6.07. The van der Waals surface area contributed by atoms with Gasteiger partial charge in [0.05, 0.1) is 0 Å². The number of nitrogens with zero attached hydrogens (tertiary/aromatic N) is 1. The number of carbonyl (C=O) groups is 1. The van der Waals surface area contributed by atoms with Gasteiger partial charge in [0.2, 0.25) is 0 Å². The molecular formula is C12H24N2O2. The number of hydrogen-bond donors (Lipinski definition) is 1. The molecule has 1 heterocycles. The average molecular weight is 228 g/mol. The molecule has 0 aromatic heterocycles. The smallest absolute Gasteiger partial charge is 0.410 e. The Hall–Kier alpha value is -0.770. The van der Waals surface area contributed by atoms with Crippen molar-refractivity contribution in [2.24, 2.45) is 11.7 Å². The van der Waals surface area contributed by atoms with Gasteiger partial charge >= 0.3 is 6.09 Å². The predicted octanol–water partition coefficient (Wildman–Crippen LogP) is 1.98. The van der Waals surface area contributed by atoms with E-state index in [0.717, 1.165) is 19.4 Å². The second-order valence-electron chi connectivity index (χ2n) is 5.55. The molecule has 0 bridgehead atoms. The summed E-state index contributed by atoms with van der Waals surface area (Å²) in [5.41, 5.74) is 5.60. The molecule has 1 aliphatic rings. The number of nitrogens with two attached hydrogens (primary N) is 1. The largest absolute Gasteiger partial charge is 0.444 e. The van der Waals surface area contributed by atoms with Crippen molar-refractivity contribution in [3.8, 4) is 0 Å². The molecule has 2 N–H and O–H groups in total. The van der Waals surface area contributed by atoms with Gasteiger partial charge in [-0.05, 0) is 33.1 Å². The minimum Gasteiger partial charge on any atom is -0.444 e. The van der Waals surface area contributed by atoms with E-state index in [1.807, 2.05) is 20.8 Å². The summed E-state index contributed by atoms with van der Waals surface area (Å²) in [5, 5.41) is 0. The van der Waals surface area contributed by atoms with Gasteiger partial charge in [0.15, 0.2) is 0 Å². The number of ether oxygens (including phenoxy) is 1. The van der Waals surface area contributed by atoms with Crippen LogP contribution in [-0.4, -0.2) is 35.7 Å². The molecule has 0 aromatic carbocycles. The van der Waals surface area contributed by atoms with Crippen molar-refractivity contribution < 1.29 is 9.53 Å². The number of rotatable bonds is 1. The predicted molar refractivity (Wildman–Crippen MR) is 64.2 cm³/mol. The minimum absolute atomic E-state index is 0.0891. The van der Waals surface area contributed by atoms with Gasteiger partial charge in [-0.2, -0.15) is 0 Å². The molecule has 0 saturated carbocycles. The van der Waals surface area contributed by atoms with Crippen LogP contribution in [-0.2, 0) is 4.74 Å². The van der Waals surface area contributed by atoms with Gasteiger partial charge in [0, 0.05) is 19.1 Å². The molecule has 94 valence electrons. The lowest BCUT2D eigenvalue weighted by Crippen LogP contribution is -2.51. The lowest BCUT2D eigenvalue weighted by molar-refractivity contribution is 0.0158. The van der Waals surface area contributed by atoms with Crippen LogP contribution in [0.2, 0.25) is 0 Å². The van der Waals surface area contributed by atoms with E-state index < -0.39 is 5.60 Å². The third kappa shape index (κ3) is 3.67. The summed E-state index contributed by atoms with van der Waals surface area (Å²) in [6.07, 6.45) is 1.83. The van der Waals surface area contributed by atoms with Crippen LogP contribution >= 0.6 is 0 Å². The molecule has 0 radical (unpaired) electrons. The topological polar surface area (TPSA) is 55.6 Å². The Balaban J connectivity index is 2.48. The van der Waals surface area contributed by atoms with Crippen molar-refractivity contribution in [2.45, 2.75) is 52.2 Å². The molecule has 0 aromatic rings. The molecule has 1 fully saturated rings. The highest BCUT2D eigenvalue weighted by atomic mass is 16.6. The molecule has 4 nitrogen and oxygen atoms in total. The van der Waals surface area contributed by atoms with Crippen molar-refractivity contribution in [3.05, 3.63) is 0 Å². The number of hydrogen-bond acceptors (Lipinski definition) is 3. The van der Waals surface area contributed by atoms with E-state index in [-0.39, 0.29) is 12.1 Å². The van der Waals surface area contributed by atoms with Crippen LogP contribution in [0.1, 0.15) is 40.5 Å². The molecule has 0 aliphatic carbocycles. The van der Waals surface area contributed by atoms with Crippen molar-refractivity contribution in [2.75, 3.05) is 13.1 Å². The van der Waals surface area contributed by atoms with Crippen LogP contribution in [0.3, 0.4) is 0 Å². The average Bonchev–Trinajstić information content (AvgIpc) is 2.15. The first-order valence-corrected chi connectivity index (χ1v) is 6.07. The molecule has 1 aliphatic heterocycles. The Kier molecular flexibility index (Phi) is 4.19. The van der Waals surface area contributed by atoms with Gasteiger partial charge < -0.3 is 15.4 Å². The summed E-state index contributed by atoms with van der Waals surface area (Å²) in [6.45, 7) is 9.17. The van der Waals surface area contributed by atoms with Gasteiger partial charge in [-0.1, -0.05) is 13.3 Å². The molecule has 2 atom stereocenters. The zero-order valence-corrected chi connectivity index (χ0v) is 10.8. The Morgan fingerprint density at radius 3 is 2.56 bits per heavy atom. The van der Waals surface area contributed by atoms with Crippen molar-refractivity contribution in [1.29, 1.82) is 0 Å². The van der Waals surface area contributed by atoms with E-state index in [2.05, 4.69) is 6.92 Å². The van der Waals surface area contributed by atoms with Crippen LogP contribution in [0.4, 0.5) is 4.79 Å². The van der Waals surface area contributed by atoms with Gasteiger partial charge in [-0.3, -0.25) is 0 Å². The van der Waals surface area contributed by atoms with E-state index in [0.29, 0.717) is 12.5 Å². The molecule has 1 amide bonds. The molecule has 0 spiro atoms. The Bertz CT molecular complexity index is 248. The summed E-state index contributed by atoms with van der Waals surface area (Å²) >= 11 is 0.